The van der Waals surface area contributed by atoms with Crippen molar-refractivity contribution in [3.05, 3.63) is 0 Å². The van der Waals surface area contributed by atoms with Crippen LogP contribution in [0.2, 0.25) is 0 Å². The van der Waals surface area contributed by atoms with Crippen molar-refractivity contribution in [1.29, 1.82) is 0 Å². The smallest absolute Gasteiger partial charge is 0.247 e. The van der Waals surface area contributed by atoms with Crippen LogP contribution in [0.1, 0.15) is 6.92 Å². The zero-order chi connectivity index (χ0) is 7.33. The molecule has 0 aliphatic rings. The van der Waals surface area contributed by atoms with Gasteiger partial charge >= 0.3 is 10.4 Å². The highest BCUT2D eigenvalue weighted by Gasteiger charge is 2.06. The van der Waals surface area contributed by atoms with Gasteiger partial charge in [0.25, 0.3) is 0 Å². The highest BCUT2D eigenvalue weighted by molar-refractivity contribution is 7.81. The van der Waals surface area contributed by atoms with Crippen LogP contribution in [0, 0.1) is 0 Å². The van der Waals surface area contributed by atoms with Crippen LogP contribution in [0.25, 0.3) is 0 Å². The summed E-state index contributed by atoms with van der Waals surface area (Å²) in [6.07, 6.45) is 1.19. The van der Waals surface area contributed by atoms with Crippen LogP contribution in [0.15, 0.2) is 5.16 Å². The summed E-state index contributed by atoms with van der Waals surface area (Å²) in [6, 6.07) is 0. The van der Waals surface area contributed by atoms with Crippen molar-refractivity contribution in [1.82, 2.24) is 0 Å². The van der Waals surface area contributed by atoms with E-state index in [2.05, 4.69) is 13.6 Å². The predicted octanol–water partition coefficient (Wildman–Crippen LogP) is -0.100. The molecular weight excluding hydrogens is 146 g/mol. The molecule has 0 N–H and O–H groups in total. The van der Waals surface area contributed by atoms with Crippen molar-refractivity contribution in [2.45, 2.75) is 6.92 Å². The summed E-state index contributed by atoms with van der Waals surface area (Å²) in [6.45, 7) is 1.52. The topological polar surface area (TPSA) is 65.0 Å². The van der Waals surface area contributed by atoms with Gasteiger partial charge in [0.05, 0.1) is 7.11 Å². The minimum atomic E-state index is -3.88. The summed E-state index contributed by atoms with van der Waals surface area (Å²) in [5.74, 6) is 0. The molecule has 0 radical (unpaired) electrons. The molecule has 0 aromatic carbocycles. The quantitative estimate of drug-likeness (QED) is 0.419. The fraction of sp³-hybridized carbons (Fsp3) is 0.667. The van der Waals surface area contributed by atoms with E-state index in [4.69, 9.17) is 0 Å². The van der Waals surface area contributed by atoms with E-state index in [1.165, 1.54) is 13.1 Å². The molecule has 0 spiro atoms. The second-order valence-corrected chi connectivity index (χ2v) is 2.31. The van der Waals surface area contributed by atoms with Crippen LogP contribution in [-0.4, -0.2) is 21.7 Å². The fourth-order valence-corrected chi connectivity index (χ4v) is 0.379. The maximum absolute atomic E-state index is 10.2. The van der Waals surface area contributed by atoms with E-state index in [-0.39, 0.29) is 0 Å². The van der Waals surface area contributed by atoms with Gasteiger partial charge in [0, 0.05) is 6.21 Å². The molecule has 9 heavy (non-hydrogen) atoms. The van der Waals surface area contributed by atoms with Gasteiger partial charge in [-0.1, -0.05) is 5.16 Å². The highest BCUT2D eigenvalue weighted by Crippen LogP contribution is 1.91. The van der Waals surface area contributed by atoms with Crippen molar-refractivity contribution < 1.29 is 16.9 Å². The second kappa shape index (κ2) is 3.41. The van der Waals surface area contributed by atoms with E-state index in [9.17, 15) is 8.42 Å². The molecule has 0 rings (SSSR count). The van der Waals surface area contributed by atoms with E-state index in [0.29, 0.717) is 0 Å². The van der Waals surface area contributed by atoms with E-state index in [0.717, 1.165) is 7.11 Å². The molecule has 6 heteroatoms. The third-order valence-electron chi connectivity index (χ3n) is 0.444. The first-order valence-electron chi connectivity index (χ1n) is 2.09. The Morgan fingerprint density at radius 3 is 2.44 bits per heavy atom. The maximum atomic E-state index is 10.2. The Hall–Kier alpha value is -0.620. The molecule has 0 aliphatic carbocycles. The van der Waals surface area contributed by atoms with Crippen LogP contribution in [0.4, 0.5) is 0 Å². The Labute approximate surface area is 53.6 Å². The van der Waals surface area contributed by atoms with Gasteiger partial charge in [0.1, 0.15) is 0 Å². The highest BCUT2D eigenvalue weighted by atomic mass is 32.3. The summed E-state index contributed by atoms with van der Waals surface area (Å²) >= 11 is 0. The van der Waals surface area contributed by atoms with Crippen molar-refractivity contribution in [2.24, 2.45) is 5.16 Å². The number of oxime groups is 1. The lowest BCUT2D eigenvalue weighted by Crippen LogP contribution is -2.02. The standard InChI is InChI=1S/C3H7NO4S/c1-3-4-8-9(5,6)7-2/h3H,1-2H3. The lowest BCUT2D eigenvalue weighted by molar-refractivity contribution is 0.255. The summed E-state index contributed by atoms with van der Waals surface area (Å²) < 4.78 is 28.1. The van der Waals surface area contributed by atoms with E-state index >= 15 is 0 Å². The molecule has 0 amide bonds. The average Bonchev–Trinajstić information content (AvgIpc) is 1.84. The largest absolute Gasteiger partial charge is 0.468 e. The van der Waals surface area contributed by atoms with Gasteiger partial charge in [-0.25, -0.2) is 8.47 Å². The van der Waals surface area contributed by atoms with Gasteiger partial charge in [0.2, 0.25) is 0 Å². The molecule has 0 atom stereocenters. The number of hydrogen-bond donors (Lipinski definition) is 0. The first kappa shape index (κ1) is 8.38. The lowest BCUT2D eigenvalue weighted by Gasteiger charge is -1.93. The Bertz CT molecular complexity index is 182. The molecule has 54 valence electrons. The average molecular weight is 153 g/mol. The monoisotopic (exact) mass is 153 g/mol. The van der Waals surface area contributed by atoms with Gasteiger partial charge in [-0.2, -0.15) is 8.42 Å². The Morgan fingerprint density at radius 2 is 2.11 bits per heavy atom. The molecule has 0 bridgehead atoms. The third-order valence-corrected chi connectivity index (χ3v) is 1.12. The van der Waals surface area contributed by atoms with Gasteiger partial charge in [0.15, 0.2) is 0 Å². The number of rotatable bonds is 3. The molecule has 0 saturated heterocycles. The lowest BCUT2D eigenvalue weighted by atomic mass is 10.9. The van der Waals surface area contributed by atoms with E-state index in [1.807, 2.05) is 0 Å². The molecule has 0 fully saturated rings. The van der Waals surface area contributed by atoms with Gasteiger partial charge in [-0.15, -0.1) is 0 Å². The Balaban J connectivity index is 3.90. The Kier molecular flexibility index (Phi) is 3.18. The van der Waals surface area contributed by atoms with Crippen molar-refractivity contribution in [3.8, 4) is 0 Å². The third kappa shape index (κ3) is 3.92. The molecular formula is C3H7NO4S. The molecule has 0 aliphatic heterocycles. The summed E-state index contributed by atoms with van der Waals surface area (Å²) in [5, 5.41) is 2.98. The molecule has 0 unspecified atom stereocenters. The van der Waals surface area contributed by atoms with Crippen LogP contribution >= 0.6 is 0 Å². The normalized spacial score (nSPS) is 12.2. The molecule has 0 aromatic rings. The summed E-state index contributed by atoms with van der Waals surface area (Å²) in [7, 11) is -2.89. The zero-order valence-corrected chi connectivity index (χ0v) is 5.88. The van der Waals surface area contributed by atoms with Crippen molar-refractivity contribution in [2.75, 3.05) is 7.11 Å². The van der Waals surface area contributed by atoms with Crippen LogP contribution in [0.3, 0.4) is 0 Å². The van der Waals surface area contributed by atoms with Crippen molar-refractivity contribution >= 4 is 16.6 Å². The van der Waals surface area contributed by atoms with Crippen LogP contribution in [0.5, 0.6) is 0 Å². The summed E-state index contributed by atoms with van der Waals surface area (Å²) in [4.78, 5) is 0. The molecule has 0 saturated carbocycles. The second-order valence-electron chi connectivity index (χ2n) is 1.01. The zero-order valence-electron chi connectivity index (χ0n) is 5.07. The molecule has 0 heterocycles. The van der Waals surface area contributed by atoms with Crippen molar-refractivity contribution in [3.63, 3.8) is 0 Å². The number of nitrogens with zero attached hydrogens (tertiary/aromatic N) is 1. The van der Waals surface area contributed by atoms with Crippen LogP contribution < -0.4 is 0 Å². The maximum Gasteiger partial charge on any atom is 0.468 e. The molecule has 5 nitrogen and oxygen atoms in total. The Morgan fingerprint density at radius 1 is 1.56 bits per heavy atom. The molecule has 0 aromatic heterocycles. The van der Waals surface area contributed by atoms with E-state index in [1.54, 1.807) is 0 Å². The van der Waals surface area contributed by atoms with Gasteiger partial charge < -0.3 is 0 Å². The van der Waals surface area contributed by atoms with Gasteiger partial charge in [-0.3, -0.25) is 0 Å². The predicted molar refractivity (Wildman–Crippen MR) is 31.2 cm³/mol. The van der Waals surface area contributed by atoms with E-state index < -0.39 is 10.4 Å². The first-order chi connectivity index (χ1) is 4.12. The fourth-order valence-electron chi connectivity index (χ4n) is 0.126. The van der Waals surface area contributed by atoms with Crippen LogP contribution in [-0.2, 0) is 18.9 Å². The number of hydrogen-bond acceptors (Lipinski definition) is 5. The summed E-state index contributed by atoms with van der Waals surface area (Å²) in [5.41, 5.74) is 0. The van der Waals surface area contributed by atoms with Gasteiger partial charge in [-0.05, 0) is 6.92 Å². The first-order valence-corrected chi connectivity index (χ1v) is 3.43. The minimum Gasteiger partial charge on any atom is -0.247 e. The SMILES string of the molecule is CC=NOS(=O)(=O)OC. The minimum absolute atomic E-state index is 0.987.